The van der Waals surface area contributed by atoms with Gasteiger partial charge in [0.25, 0.3) is 5.88 Å². The lowest BCUT2D eigenvalue weighted by molar-refractivity contribution is -0.143. The highest BCUT2D eigenvalue weighted by Crippen LogP contribution is 2.46. The molecule has 1 aromatic rings. The predicted octanol–water partition coefficient (Wildman–Crippen LogP) is 2.65. The summed E-state index contributed by atoms with van der Waals surface area (Å²) < 4.78 is 25.1. The number of carbonyl (C=O) groups excluding carboxylic acids is 1. The first-order valence-corrected chi connectivity index (χ1v) is 9.93. The van der Waals surface area contributed by atoms with Crippen molar-refractivity contribution in [2.24, 2.45) is 0 Å². The van der Waals surface area contributed by atoms with Crippen LogP contribution >= 0.6 is 11.8 Å². The summed E-state index contributed by atoms with van der Waals surface area (Å²) >= 11 is 1.82. The molecule has 1 atom stereocenters. The fourth-order valence-electron chi connectivity index (χ4n) is 3.88. The molecule has 1 aromatic heterocycles. The zero-order valence-electron chi connectivity index (χ0n) is 14.2. The third kappa shape index (κ3) is 3.77. The van der Waals surface area contributed by atoms with E-state index in [0.717, 1.165) is 38.1 Å². The quantitative estimate of drug-likeness (QED) is 0.802. The normalized spacial score (nSPS) is 25.3. The van der Waals surface area contributed by atoms with Crippen LogP contribution in [0.3, 0.4) is 0 Å². The third-order valence-corrected chi connectivity index (χ3v) is 6.81. The molecular formula is C18H23FN2O3S. The summed E-state index contributed by atoms with van der Waals surface area (Å²) in [5.74, 6) is 0.528. The first-order valence-electron chi connectivity index (χ1n) is 8.94. The second-order valence-electron chi connectivity index (χ2n) is 7.20. The molecule has 3 fully saturated rings. The third-order valence-electron chi connectivity index (χ3n) is 5.23. The molecule has 0 N–H and O–H groups in total. The number of hydrogen-bond donors (Lipinski definition) is 0. The van der Waals surface area contributed by atoms with Crippen LogP contribution in [0.5, 0.6) is 5.88 Å². The molecule has 1 unspecified atom stereocenters. The van der Waals surface area contributed by atoms with E-state index in [-0.39, 0.29) is 35.3 Å². The van der Waals surface area contributed by atoms with Gasteiger partial charge in [0.1, 0.15) is 12.7 Å². The minimum atomic E-state index is -0.428. The molecule has 0 aromatic carbocycles. The highest BCUT2D eigenvalue weighted by atomic mass is 32.2. The van der Waals surface area contributed by atoms with Gasteiger partial charge in [0.05, 0.1) is 10.9 Å². The lowest BCUT2D eigenvalue weighted by Gasteiger charge is -2.47. The zero-order chi connectivity index (χ0) is 17.3. The number of nitrogens with zero attached hydrogens (tertiary/aromatic N) is 2. The van der Waals surface area contributed by atoms with Crippen LogP contribution in [0.1, 0.15) is 32.1 Å². The van der Waals surface area contributed by atoms with Crippen molar-refractivity contribution >= 4 is 17.7 Å². The number of halogens is 1. The van der Waals surface area contributed by atoms with Crippen LogP contribution in [0.4, 0.5) is 4.39 Å². The van der Waals surface area contributed by atoms with Gasteiger partial charge >= 0.3 is 0 Å². The van der Waals surface area contributed by atoms with E-state index in [1.165, 1.54) is 25.1 Å². The molecule has 1 amide bonds. The van der Waals surface area contributed by atoms with Crippen molar-refractivity contribution in [3.05, 3.63) is 24.1 Å². The number of carbonyl (C=O) groups is 1. The number of hydrogen-bond acceptors (Lipinski definition) is 5. The van der Waals surface area contributed by atoms with E-state index in [0.29, 0.717) is 0 Å². The van der Waals surface area contributed by atoms with Gasteiger partial charge in [-0.25, -0.2) is 9.37 Å². The van der Waals surface area contributed by atoms with E-state index in [2.05, 4.69) is 4.98 Å². The van der Waals surface area contributed by atoms with Crippen molar-refractivity contribution in [3.8, 4) is 5.88 Å². The second-order valence-corrected chi connectivity index (χ2v) is 8.68. The van der Waals surface area contributed by atoms with E-state index in [1.807, 2.05) is 16.7 Å². The Kier molecular flexibility index (Phi) is 4.86. The van der Waals surface area contributed by atoms with E-state index < -0.39 is 5.82 Å². The largest absolute Gasteiger partial charge is 0.471 e. The first-order chi connectivity index (χ1) is 12.1. The monoisotopic (exact) mass is 366 g/mol. The van der Waals surface area contributed by atoms with E-state index in [9.17, 15) is 9.18 Å². The highest BCUT2D eigenvalue weighted by molar-refractivity contribution is 8.01. The van der Waals surface area contributed by atoms with Gasteiger partial charge in [0, 0.05) is 31.5 Å². The van der Waals surface area contributed by atoms with Gasteiger partial charge in [-0.1, -0.05) is 12.8 Å². The van der Waals surface area contributed by atoms with Crippen LogP contribution in [0.25, 0.3) is 0 Å². The fourth-order valence-corrected chi connectivity index (χ4v) is 5.40. The number of rotatable bonds is 5. The summed E-state index contributed by atoms with van der Waals surface area (Å²) in [6.45, 7) is 1.66. The molecule has 4 rings (SSSR count). The highest BCUT2D eigenvalue weighted by Gasteiger charge is 2.51. The molecule has 136 valence electrons. The summed E-state index contributed by atoms with van der Waals surface area (Å²) in [7, 11) is 0. The maximum absolute atomic E-state index is 13.7. The molecule has 3 aliphatic rings. The van der Waals surface area contributed by atoms with Gasteiger partial charge in [0.15, 0.2) is 5.82 Å². The topological polar surface area (TPSA) is 51.7 Å². The molecule has 2 saturated heterocycles. The van der Waals surface area contributed by atoms with E-state index >= 15 is 0 Å². The Morgan fingerprint density at radius 3 is 2.92 bits per heavy atom. The molecule has 2 aliphatic heterocycles. The smallest absolute Gasteiger partial charge is 0.250 e. The lowest BCUT2D eigenvalue weighted by atomic mass is 9.93. The minimum Gasteiger partial charge on any atom is -0.471 e. The molecule has 1 spiro atoms. The summed E-state index contributed by atoms with van der Waals surface area (Å²) in [5.41, 5.74) is 0. The molecule has 0 bridgehead atoms. The van der Waals surface area contributed by atoms with Crippen molar-refractivity contribution in [1.29, 1.82) is 0 Å². The van der Waals surface area contributed by atoms with Crippen molar-refractivity contribution < 1.29 is 18.7 Å². The standard InChI is InChI=1S/C18H23FN2O3S/c19-15-6-3-7-20-17(15)24-14-8-18(25-10-14)11-21(12-18)16(22)9-23-13-4-1-2-5-13/h3,6-7,13-14H,1-2,4-5,8-12H2. The Bertz CT molecular complexity index is 633. The summed E-state index contributed by atoms with van der Waals surface area (Å²) in [6.07, 6.45) is 7.14. The van der Waals surface area contributed by atoms with E-state index in [1.54, 1.807) is 6.07 Å². The average Bonchev–Trinajstić information content (AvgIpc) is 3.23. The number of pyridine rings is 1. The number of ether oxygens (including phenoxy) is 2. The summed E-state index contributed by atoms with van der Waals surface area (Å²) in [4.78, 5) is 18.1. The Morgan fingerprint density at radius 1 is 1.36 bits per heavy atom. The van der Waals surface area contributed by atoms with Gasteiger partial charge in [-0.2, -0.15) is 0 Å². The van der Waals surface area contributed by atoms with Gasteiger partial charge in [0.2, 0.25) is 5.91 Å². The van der Waals surface area contributed by atoms with Gasteiger partial charge in [-0.15, -0.1) is 11.8 Å². The first kappa shape index (κ1) is 17.1. The predicted molar refractivity (Wildman–Crippen MR) is 93.2 cm³/mol. The molecule has 25 heavy (non-hydrogen) atoms. The average molecular weight is 366 g/mol. The van der Waals surface area contributed by atoms with Crippen LogP contribution in [0, 0.1) is 5.82 Å². The Balaban J connectivity index is 1.23. The molecule has 3 heterocycles. The Labute approximate surface area is 151 Å². The zero-order valence-corrected chi connectivity index (χ0v) is 15.0. The Hall–Kier alpha value is -1.34. The molecule has 1 saturated carbocycles. The van der Waals surface area contributed by atoms with Crippen LogP contribution in [0.2, 0.25) is 0 Å². The van der Waals surface area contributed by atoms with Crippen molar-refractivity contribution in [1.82, 2.24) is 9.88 Å². The van der Waals surface area contributed by atoms with E-state index in [4.69, 9.17) is 9.47 Å². The van der Waals surface area contributed by atoms with Crippen LogP contribution in [-0.4, -0.2) is 58.2 Å². The lowest BCUT2D eigenvalue weighted by Crippen LogP contribution is -2.61. The number of aromatic nitrogens is 1. The van der Waals surface area contributed by atoms with Gasteiger partial charge in [-0.3, -0.25) is 4.79 Å². The number of amides is 1. The minimum absolute atomic E-state index is 0.0543. The molecule has 7 heteroatoms. The molecule has 0 radical (unpaired) electrons. The summed E-state index contributed by atoms with van der Waals surface area (Å²) in [6, 6.07) is 2.91. The summed E-state index contributed by atoms with van der Waals surface area (Å²) in [5, 5.41) is 0. The van der Waals surface area contributed by atoms with Crippen LogP contribution in [-0.2, 0) is 9.53 Å². The van der Waals surface area contributed by atoms with Crippen molar-refractivity contribution in [3.63, 3.8) is 0 Å². The number of thioether (sulfide) groups is 1. The van der Waals surface area contributed by atoms with Gasteiger partial charge in [-0.05, 0) is 25.0 Å². The Morgan fingerprint density at radius 2 is 2.16 bits per heavy atom. The van der Waals surface area contributed by atoms with Gasteiger partial charge < -0.3 is 14.4 Å². The maximum Gasteiger partial charge on any atom is 0.250 e. The van der Waals surface area contributed by atoms with Crippen molar-refractivity contribution in [2.45, 2.75) is 49.1 Å². The SMILES string of the molecule is O=C(COC1CCCC1)N1CC2(CC(Oc3ncccc3F)CS2)C1. The molecule has 1 aliphatic carbocycles. The van der Waals surface area contributed by atoms with Crippen LogP contribution < -0.4 is 4.74 Å². The molecule has 5 nitrogen and oxygen atoms in total. The van der Waals surface area contributed by atoms with Crippen LogP contribution in [0.15, 0.2) is 18.3 Å². The molecular weight excluding hydrogens is 343 g/mol. The number of likely N-dealkylation sites (tertiary alicyclic amines) is 1. The van der Waals surface area contributed by atoms with Crippen molar-refractivity contribution in [2.75, 3.05) is 25.4 Å². The fraction of sp³-hybridized carbons (Fsp3) is 0.667. The maximum atomic E-state index is 13.7. The second kappa shape index (κ2) is 7.11.